The van der Waals surface area contributed by atoms with Gasteiger partial charge in [-0.25, -0.2) is 13.1 Å². The van der Waals surface area contributed by atoms with E-state index in [4.69, 9.17) is 11.6 Å². The SMILES string of the molecule is CC(C)(CCCBr)CNS(=O)(=O)c1ccc(Br)cc1Cl. The number of hydrogen-bond acceptors (Lipinski definition) is 2. The van der Waals surface area contributed by atoms with Crippen molar-refractivity contribution < 1.29 is 8.42 Å². The summed E-state index contributed by atoms with van der Waals surface area (Å²) in [5.41, 5.74) is -0.0946. The number of halogens is 3. The van der Waals surface area contributed by atoms with Gasteiger partial charge < -0.3 is 0 Å². The number of sulfonamides is 1. The van der Waals surface area contributed by atoms with Crippen molar-refractivity contribution >= 4 is 53.5 Å². The van der Waals surface area contributed by atoms with Gasteiger partial charge in [0.25, 0.3) is 0 Å². The summed E-state index contributed by atoms with van der Waals surface area (Å²) in [5.74, 6) is 0. The summed E-state index contributed by atoms with van der Waals surface area (Å²) in [6, 6.07) is 4.74. The third-order valence-corrected chi connectivity index (χ3v) is 5.85. The molecule has 0 unspecified atom stereocenters. The third-order valence-electron chi connectivity index (χ3n) is 2.91. The molecule has 0 fully saturated rings. The maximum atomic E-state index is 12.3. The topological polar surface area (TPSA) is 46.2 Å². The van der Waals surface area contributed by atoms with Crippen LogP contribution in [0.2, 0.25) is 5.02 Å². The first kappa shape index (κ1) is 18.4. The highest BCUT2D eigenvalue weighted by atomic mass is 79.9. The van der Waals surface area contributed by atoms with Gasteiger partial charge in [0.2, 0.25) is 10.0 Å². The number of hydrogen-bond donors (Lipinski definition) is 1. The first-order valence-electron chi connectivity index (χ1n) is 6.19. The minimum Gasteiger partial charge on any atom is -0.211 e. The number of alkyl halides is 1. The summed E-state index contributed by atoms with van der Waals surface area (Å²) in [7, 11) is -3.58. The van der Waals surface area contributed by atoms with Gasteiger partial charge in [0.1, 0.15) is 4.90 Å². The van der Waals surface area contributed by atoms with Gasteiger partial charge in [0.15, 0.2) is 0 Å². The molecule has 0 saturated heterocycles. The zero-order valence-electron chi connectivity index (χ0n) is 11.4. The monoisotopic (exact) mass is 445 g/mol. The van der Waals surface area contributed by atoms with Crippen LogP contribution in [0.3, 0.4) is 0 Å². The van der Waals surface area contributed by atoms with E-state index in [0.29, 0.717) is 6.54 Å². The van der Waals surface area contributed by atoms with Crippen LogP contribution < -0.4 is 4.72 Å². The van der Waals surface area contributed by atoms with Crippen LogP contribution in [0, 0.1) is 5.41 Å². The van der Waals surface area contributed by atoms with E-state index in [0.717, 1.165) is 22.6 Å². The van der Waals surface area contributed by atoms with Crippen LogP contribution in [0.5, 0.6) is 0 Å². The van der Waals surface area contributed by atoms with Crippen LogP contribution in [0.1, 0.15) is 26.7 Å². The Hall–Kier alpha value is 0.380. The Morgan fingerprint density at radius 2 is 2.00 bits per heavy atom. The Labute approximate surface area is 142 Å². The first-order chi connectivity index (χ1) is 9.18. The van der Waals surface area contributed by atoms with E-state index < -0.39 is 10.0 Å². The van der Waals surface area contributed by atoms with Crippen molar-refractivity contribution in [3.8, 4) is 0 Å². The Morgan fingerprint density at radius 3 is 2.55 bits per heavy atom. The van der Waals surface area contributed by atoms with Crippen molar-refractivity contribution in [3.05, 3.63) is 27.7 Å². The Kier molecular flexibility index (Phi) is 6.99. The second kappa shape index (κ2) is 7.58. The summed E-state index contributed by atoms with van der Waals surface area (Å²) in [6.07, 6.45) is 1.95. The van der Waals surface area contributed by atoms with Gasteiger partial charge in [-0.15, -0.1) is 0 Å². The van der Waals surface area contributed by atoms with Crippen molar-refractivity contribution in [2.24, 2.45) is 5.41 Å². The Morgan fingerprint density at radius 1 is 1.35 bits per heavy atom. The zero-order valence-corrected chi connectivity index (χ0v) is 16.2. The second-order valence-corrected chi connectivity index (χ2v) is 9.21. The molecule has 20 heavy (non-hydrogen) atoms. The molecule has 0 heterocycles. The van der Waals surface area contributed by atoms with E-state index >= 15 is 0 Å². The van der Waals surface area contributed by atoms with Crippen LogP contribution >= 0.6 is 43.5 Å². The van der Waals surface area contributed by atoms with Gasteiger partial charge in [-0.2, -0.15) is 0 Å². The summed E-state index contributed by atoms with van der Waals surface area (Å²) < 4.78 is 27.9. The normalized spacial score (nSPS) is 12.7. The van der Waals surface area contributed by atoms with E-state index in [1.807, 2.05) is 13.8 Å². The van der Waals surface area contributed by atoms with E-state index in [-0.39, 0.29) is 15.3 Å². The van der Waals surface area contributed by atoms with Gasteiger partial charge in [0.05, 0.1) is 5.02 Å². The van der Waals surface area contributed by atoms with Crippen LogP contribution in [-0.2, 0) is 10.0 Å². The van der Waals surface area contributed by atoms with E-state index in [1.54, 1.807) is 12.1 Å². The lowest BCUT2D eigenvalue weighted by molar-refractivity contribution is 0.332. The lowest BCUT2D eigenvalue weighted by Gasteiger charge is -2.24. The molecule has 0 bridgehead atoms. The minimum absolute atomic E-state index is 0.0946. The highest BCUT2D eigenvalue weighted by Gasteiger charge is 2.23. The molecule has 3 nitrogen and oxygen atoms in total. The summed E-state index contributed by atoms with van der Waals surface area (Å²) in [4.78, 5) is 0.110. The van der Waals surface area contributed by atoms with E-state index in [1.165, 1.54) is 6.07 Å². The predicted octanol–water partition coefficient (Wildman–Crippen LogP) is 4.58. The van der Waals surface area contributed by atoms with Crippen molar-refractivity contribution in [1.29, 1.82) is 0 Å². The van der Waals surface area contributed by atoms with Crippen molar-refractivity contribution in [3.63, 3.8) is 0 Å². The van der Waals surface area contributed by atoms with Gasteiger partial charge in [-0.3, -0.25) is 0 Å². The number of benzene rings is 1. The molecule has 0 saturated carbocycles. The maximum Gasteiger partial charge on any atom is 0.242 e. The van der Waals surface area contributed by atoms with Gasteiger partial charge >= 0.3 is 0 Å². The molecule has 1 aromatic carbocycles. The lowest BCUT2D eigenvalue weighted by Crippen LogP contribution is -2.34. The molecule has 0 aliphatic heterocycles. The van der Waals surface area contributed by atoms with Crippen LogP contribution in [0.25, 0.3) is 0 Å². The Balaban J connectivity index is 2.80. The standard InChI is InChI=1S/C13H18Br2ClNO2S/c1-13(2,6-3-7-14)9-17-20(18,19)12-5-4-10(15)8-11(12)16/h4-5,8,17H,3,6-7,9H2,1-2H3. The molecule has 1 rings (SSSR count). The second-order valence-electron chi connectivity index (χ2n) is 5.36. The largest absolute Gasteiger partial charge is 0.242 e. The zero-order chi connectivity index (χ0) is 15.4. The molecular formula is C13H18Br2ClNO2S. The molecule has 1 N–H and O–H groups in total. The molecule has 1 aromatic rings. The lowest BCUT2D eigenvalue weighted by atomic mass is 9.88. The molecule has 0 amide bonds. The van der Waals surface area contributed by atoms with Crippen LogP contribution in [0.4, 0.5) is 0 Å². The average molecular weight is 448 g/mol. The molecule has 0 spiro atoms. The first-order valence-corrected chi connectivity index (χ1v) is 9.96. The molecule has 0 atom stereocenters. The van der Waals surface area contributed by atoms with Crippen molar-refractivity contribution in [2.75, 3.05) is 11.9 Å². The smallest absolute Gasteiger partial charge is 0.211 e. The summed E-state index contributed by atoms with van der Waals surface area (Å²) in [5, 5.41) is 1.13. The molecule has 0 aliphatic carbocycles. The average Bonchev–Trinajstić information content (AvgIpc) is 2.34. The maximum absolute atomic E-state index is 12.3. The van der Waals surface area contributed by atoms with Crippen molar-refractivity contribution in [2.45, 2.75) is 31.6 Å². The number of nitrogens with one attached hydrogen (secondary N) is 1. The summed E-state index contributed by atoms with van der Waals surface area (Å²) in [6.45, 7) is 4.47. The third kappa shape index (κ3) is 5.64. The van der Waals surface area contributed by atoms with Crippen LogP contribution in [-0.4, -0.2) is 20.3 Å². The quantitative estimate of drug-likeness (QED) is 0.622. The molecule has 114 valence electrons. The van der Waals surface area contributed by atoms with E-state index in [2.05, 4.69) is 36.6 Å². The summed E-state index contributed by atoms with van der Waals surface area (Å²) >= 11 is 12.6. The molecule has 0 aliphatic rings. The van der Waals surface area contributed by atoms with Crippen molar-refractivity contribution in [1.82, 2.24) is 4.72 Å². The highest BCUT2D eigenvalue weighted by molar-refractivity contribution is 9.10. The van der Waals surface area contributed by atoms with Gasteiger partial charge in [-0.1, -0.05) is 57.3 Å². The molecule has 0 radical (unpaired) electrons. The molecule has 0 aromatic heterocycles. The minimum atomic E-state index is -3.58. The Bertz CT molecular complexity index is 561. The van der Waals surface area contributed by atoms with Gasteiger partial charge in [-0.05, 0) is 36.5 Å². The molecule has 7 heteroatoms. The number of rotatable bonds is 7. The highest BCUT2D eigenvalue weighted by Crippen LogP contribution is 2.27. The fourth-order valence-corrected chi connectivity index (χ4v) is 4.25. The van der Waals surface area contributed by atoms with Gasteiger partial charge in [0, 0.05) is 16.3 Å². The fourth-order valence-electron chi connectivity index (χ4n) is 1.70. The molecular weight excluding hydrogens is 429 g/mol. The van der Waals surface area contributed by atoms with E-state index in [9.17, 15) is 8.42 Å². The van der Waals surface area contributed by atoms with Crippen LogP contribution in [0.15, 0.2) is 27.6 Å². The fraction of sp³-hybridized carbons (Fsp3) is 0.538. The predicted molar refractivity (Wildman–Crippen MR) is 91.1 cm³/mol.